The van der Waals surface area contributed by atoms with Gasteiger partial charge in [-0.25, -0.2) is 4.79 Å². The number of hydrogen-bond acceptors (Lipinski definition) is 2. The van der Waals surface area contributed by atoms with Crippen molar-refractivity contribution >= 4 is 33.3 Å². The number of rotatable bonds is 3. The number of aromatic nitrogens is 1. The molecule has 2 N–H and O–H groups in total. The second kappa shape index (κ2) is 7.49. The topological polar surface area (TPSA) is 54.0 Å². The highest BCUT2D eigenvalue weighted by molar-refractivity contribution is 9.10. The number of aryl methyl sites for hydroxylation is 2. The van der Waals surface area contributed by atoms with Gasteiger partial charge in [-0.15, -0.1) is 0 Å². The summed E-state index contributed by atoms with van der Waals surface area (Å²) in [7, 11) is 0. The van der Waals surface area contributed by atoms with Crippen LogP contribution in [-0.2, 0) is 0 Å². The highest BCUT2D eigenvalue weighted by atomic mass is 79.9. The van der Waals surface area contributed by atoms with E-state index in [2.05, 4.69) is 31.5 Å². The number of nitrogens with one attached hydrogen (secondary N) is 2. The Morgan fingerprint density at radius 2 is 1.68 bits per heavy atom. The lowest BCUT2D eigenvalue weighted by molar-refractivity contribution is 0.262. The Hall–Kier alpha value is -2.66. The molecule has 0 spiro atoms. The summed E-state index contributed by atoms with van der Waals surface area (Å²) in [6.45, 7) is 3.92. The third-order valence-corrected chi connectivity index (χ3v) is 4.31. The van der Waals surface area contributed by atoms with Crippen molar-refractivity contribution < 1.29 is 4.79 Å². The van der Waals surface area contributed by atoms with Gasteiger partial charge in [-0.05, 0) is 66.9 Å². The fraction of sp³-hybridized carbons (Fsp3) is 0.100. The summed E-state index contributed by atoms with van der Waals surface area (Å²) in [5.41, 5.74) is 5.67. The maximum Gasteiger partial charge on any atom is 0.323 e. The lowest BCUT2D eigenvalue weighted by Gasteiger charge is -2.11. The standard InChI is InChI=1S/C20H18BrN3O/c1-13-3-6-17(21)12-19(13)24-20(25)23-18-7-4-15(5-8-18)16-9-10-22-14(2)11-16/h3-12H,1-2H3,(H2,23,24,25). The van der Waals surface area contributed by atoms with E-state index in [0.29, 0.717) is 0 Å². The van der Waals surface area contributed by atoms with Crippen LogP contribution in [0.1, 0.15) is 11.3 Å². The number of carbonyl (C=O) groups excluding carboxylic acids is 1. The van der Waals surface area contributed by atoms with E-state index >= 15 is 0 Å². The van der Waals surface area contributed by atoms with Crippen molar-refractivity contribution in [1.29, 1.82) is 0 Å². The second-order valence-corrected chi connectivity index (χ2v) is 6.72. The van der Waals surface area contributed by atoms with Crippen molar-refractivity contribution in [2.75, 3.05) is 10.6 Å². The Morgan fingerprint density at radius 3 is 2.40 bits per heavy atom. The number of amides is 2. The summed E-state index contributed by atoms with van der Waals surface area (Å²) in [5.74, 6) is 0. The van der Waals surface area contributed by atoms with E-state index in [-0.39, 0.29) is 6.03 Å². The molecule has 0 atom stereocenters. The average Bonchev–Trinajstić information content (AvgIpc) is 2.59. The molecule has 1 aromatic heterocycles. The number of nitrogens with zero attached hydrogens (tertiary/aromatic N) is 1. The van der Waals surface area contributed by atoms with Crippen LogP contribution in [0.4, 0.5) is 16.2 Å². The molecule has 2 aromatic carbocycles. The zero-order valence-electron chi connectivity index (χ0n) is 14.0. The molecule has 0 bridgehead atoms. The van der Waals surface area contributed by atoms with Gasteiger partial charge in [-0.1, -0.05) is 34.1 Å². The molecule has 3 aromatic rings. The molecule has 3 rings (SSSR count). The van der Waals surface area contributed by atoms with Crippen LogP contribution in [0.3, 0.4) is 0 Å². The minimum Gasteiger partial charge on any atom is -0.308 e. The van der Waals surface area contributed by atoms with Crippen LogP contribution in [-0.4, -0.2) is 11.0 Å². The van der Waals surface area contributed by atoms with Crippen LogP contribution in [0.5, 0.6) is 0 Å². The maximum atomic E-state index is 12.2. The molecule has 0 aliphatic carbocycles. The van der Waals surface area contributed by atoms with Crippen LogP contribution in [0.15, 0.2) is 65.3 Å². The van der Waals surface area contributed by atoms with Gasteiger partial charge in [-0.3, -0.25) is 4.98 Å². The van der Waals surface area contributed by atoms with Gasteiger partial charge in [0.15, 0.2) is 0 Å². The molecule has 2 amide bonds. The van der Waals surface area contributed by atoms with Crippen molar-refractivity contribution in [3.8, 4) is 11.1 Å². The highest BCUT2D eigenvalue weighted by Crippen LogP contribution is 2.23. The third kappa shape index (κ3) is 4.45. The largest absolute Gasteiger partial charge is 0.323 e. The van der Waals surface area contributed by atoms with E-state index in [1.54, 1.807) is 6.20 Å². The lowest BCUT2D eigenvalue weighted by Crippen LogP contribution is -2.19. The number of anilines is 2. The van der Waals surface area contributed by atoms with Gasteiger partial charge in [0.05, 0.1) is 0 Å². The zero-order chi connectivity index (χ0) is 17.8. The van der Waals surface area contributed by atoms with Crippen LogP contribution in [0.25, 0.3) is 11.1 Å². The van der Waals surface area contributed by atoms with E-state index in [4.69, 9.17) is 0 Å². The van der Waals surface area contributed by atoms with Crippen LogP contribution < -0.4 is 10.6 Å². The van der Waals surface area contributed by atoms with Gasteiger partial charge < -0.3 is 10.6 Å². The molecule has 0 unspecified atom stereocenters. The van der Waals surface area contributed by atoms with E-state index in [1.165, 1.54) is 0 Å². The van der Waals surface area contributed by atoms with Gasteiger partial charge in [-0.2, -0.15) is 0 Å². The van der Waals surface area contributed by atoms with Gasteiger partial charge in [0.25, 0.3) is 0 Å². The van der Waals surface area contributed by atoms with Crippen molar-refractivity contribution in [2.45, 2.75) is 13.8 Å². The van der Waals surface area contributed by atoms with E-state index in [9.17, 15) is 4.79 Å². The Balaban J connectivity index is 1.69. The first-order valence-corrected chi connectivity index (χ1v) is 8.68. The normalized spacial score (nSPS) is 10.4. The van der Waals surface area contributed by atoms with Gasteiger partial charge >= 0.3 is 6.03 Å². The van der Waals surface area contributed by atoms with Crippen molar-refractivity contribution in [3.63, 3.8) is 0 Å². The van der Waals surface area contributed by atoms with Crippen molar-refractivity contribution in [3.05, 3.63) is 76.5 Å². The summed E-state index contributed by atoms with van der Waals surface area (Å²) in [5, 5.41) is 5.71. The number of pyridine rings is 1. The van der Waals surface area contributed by atoms with Crippen molar-refractivity contribution in [1.82, 2.24) is 4.98 Å². The molecule has 25 heavy (non-hydrogen) atoms. The molecule has 0 aliphatic heterocycles. The molecule has 0 saturated heterocycles. The predicted molar refractivity (Wildman–Crippen MR) is 106 cm³/mol. The number of halogens is 1. The maximum absolute atomic E-state index is 12.2. The van der Waals surface area contributed by atoms with Gasteiger partial charge in [0, 0.05) is 27.7 Å². The van der Waals surface area contributed by atoms with E-state index in [0.717, 1.165) is 38.2 Å². The summed E-state index contributed by atoms with van der Waals surface area (Å²) >= 11 is 3.41. The Morgan fingerprint density at radius 1 is 0.920 bits per heavy atom. The molecule has 1 heterocycles. The zero-order valence-corrected chi connectivity index (χ0v) is 15.6. The smallest absolute Gasteiger partial charge is 0.308 e. The Kier molecular flexibility index (Phi) is 5.14. The summed E-state index contributed by atoms with van der Waals surface area (Å²) in [4.78, 5) is 16.4. The molecular formula is C20H18BrN3O. The van der Waals surface area contributed by atoms with Gasteiger partial charge in [0.2, 0.25) is 0 Å². The van der Waals surface area contributed by atoms with Crippen LogP contribution >= 0.6 is 15.9 Å². The molecular weight excluding hydrogens is 378 g/mol. The molecule has 0 aliphatic rings. The molecule has 0 radical (unpaired) electrons. The van der Waals surface area contributed by atoms with Crippen LogP contribution in [0.2, 0.25) is 0 Å². The first-order valence-electron chi connectivity index (χ1n) is 7.88. The number of benzene rings is 2. The van der Waals surface area contributed by atoms with E-state index < -0.39 is 0 Å². The fourth-order valence-electron chi connectivity index (χ4n) is 2.48. The monoisotopic (exact) mass is 395 g/mol. The molecule has 0 saturated carbocycles. The fourth-order valence-corrected chi connectivity index (χ4v) is 2.85. The van der Waals surface area contributed by atoms with Crippen molar-refractivity contribution in [2.24, 2.45) is 0 Å². The van der Waals surface area contributed by atoms with Gasteiger partial charge in [0.1, 0.15) is 0 Å². The quantitative estimate of drug-likeness (QED) is 0.590. The predicted octanol–water partition coefficient (Wildman–Crippen LogP) is 5.77. The molecule has 126 valence electrons. The number of hydrogen-bond donors (Lipinski definition) is 2. The molecule has 0 fully saturated rings. The molecule has 5 heteroatoms. The summed E-state index contributed by atoms with van der Waals surface area (Å²) in [6.07, 6.45) is 1.80. The summed E-state index contributed by atoms with van der Waals surface area (Å²) < 4.78 is 0.922. The number of urea groups is 1. The Bertz CT molecular complexity index is 907. The Labute approximate surface area is 155 Å². The first-order chi connectivity index (χ1) is 12.0. The minimum absolute atomic E-state index is 0.270. The SMILES string of the molecule is Cc1cc(-c2ccc(NC(=O)Nc3cc(Br)ccc3C)cc2)ccn1. The summed E-state index contributed by atoms with van der Waals surface area (Å²) in [6, 6.07) is 17.2. The minimum atomic E-state index is -0.270. The first kappa shape index (κ1) is 17.2. The lowest BCUT2D eigenvalue weighted by atomic mass is 10.1. The van der Waals surface area contributed by atoms with Crippen LogP contribution in [0, 0.1) is 13.8 Å². The van der Waals surface area contributed by atoms with E-state index in [1.807, 2.05) is 68.4 Å². The number of carbonyl (C=O) groups is 1. The average molecular weight is 396 g/mol. The molecule has 4 nitrogen and oxygen atoms in total. The second-order valence-electron chi connectivity index (χ2n) is 5.80. The highest BCUT2D eigenvalue weighted by Gasteiger charge is 2.06. The third-order valence-electron chi connectivity index (χ3n) is 3.82.